The Kier molecular flexibility index (Phi) is 10.0. The average Bonchev–Trinajstić information content (AvgIpc) is 3.76. The quantitative estimate of drug-likeness (QED) is 0.136. The third kappa shape index (κ3) is 7.01. The van der Waals surface area contributed by atoms with Crippen LogP contribution in [0, 0.1) is 0 Å². The highest BCUT2D eigenvalue weighted by molar-refractivity contribution is 7.26. The number of para-hydroxylation sites is 5. The van der Waals surface area contributed by atoms with Gasteiger partial charge >= 0.3 is 0 Å². The topological polar surface area (TPSA) is 9.72 Å². The molecule has 0 spiro atoms. The summed E-state index contributed by atoms with van der Waals surface area (Å²) in [6.07, 6.45) is 0. The summed E-state index contributed by atoms with van der Waals surface area (Å²) >= 11 is 1.87. The van der Waals surface area contributed by atoms with Gasteiger partial charge in [0, 0.05) is 64.9 Å². The number of nitrogens with zero attached hydrogens (tertiary/aromatic N) is 3. The van der Waals surface area contributed by atoms with Crippen LogP contribution in [0.1, 0.15) is 0 Å². The minimum Gasteiger partial charge on any atom is -0.310 e. The van der Waals surface area contributed by atoms with Crippen LogP contribution >= 0.6 is 11.3 Å². The minimum absolute atomic E-state index is 1.07. The van der Waals surface area contributed by atoms with E-state index in [1.165, 1.54) is 52.8 Å². The Morgan fingerprint density at radius 3 is 1.29 bits per heavy atom. The molecule has 4 heteroatoms. The Balaban J connectivity index is 1.08. The molecule has 0 amide bonds. The van der Waals surface area contributed by atoms with Crippen LogP contribution < -0.4 is 14.7 Å². The van der Waals surface area contributed by atoms with Crippen LogP contribution in [0.3, 0.4) is 0 Å². The maximum Gasteiger partial charge on any atom is 0.0702 e. The molecule has 0 saturated heterocycles. The van der Waals surface area contributed by atoms with Crippen molar-refractivity contribution in [2.75, 3.05) is 14.7 Å². The summed E-state index contributed by atoms with van der Waals surface area (Å²) in [6.45, 7) is 0. The van der Waals surface area contributed by atoms with Gasteiger partial charge in [0.15, 0.2) is 0 Å². The fourth-order valence-electron chi connectivity index (χ4n) is 9.59. The zero-order valence-electron chi connectivity index (χ0n) is 36.1. The highest BCUT2D eigenvalue weighted by Gasteiger charge is 2.25. The molecule has 0 aliphatic rings. The van der Waals surface area contributed by atoms with Crippen molar-refractivity contribution in [3.05, 3.63) is 261 Å². The van der Waals surface area contributed by atoms with Gasteiger partial charge in [-0.05, 0) is 101 Å². The molecule has 0 bridgehead atoms. The number of hydrogen-bond acceptors (Lipinski definition) is 4. The molecule has 0 aliphatic carbocycles. The lowest BCUT2D eigenvalue weighted by Gasteiger charge is -2.33. The standard InChI is InChI=1S/C62H43N3S/c1-5-21-46(22-6-1)55-41-51(64(48-29-9-3-10-30-48)57-37-19-25-44-23-13-15-33-52(44)57)42-56-54-40-39-50(43-61(54)66-62(55)56)63(47-27-7-2-8-28-47)59-35-17-18-36-60(59)65(49-31-11-4-12-32-49)58-38-20-26-45-24-14-16-34-53(45)58/h1-43H. The van der Waals surface area contributed by atoms with E-state index in [1.54, 1.807) is 0 Å². The first kappa shape index (κ1) is 39.2. The van der Waals surface area contributed by atoms with Crippen molar-refractivity contribution in [3.63, 3.8) is 0 Å². The Bertz CT molecular complexity index is 3650. The van der Waals surface area contributed by atoms with E-state index in [0.29, 0.717) is 0 Å². The smallest absolute Gasteiger partial charge is 0.0702 e. The maximum atomic E-state index is 2.43. The Hall–Kier alpha value is -8.44. The van der Waals surface area contributed by atoms with Gasteiger partial charge in [0.05, 0.1) is 22.7 Å². The highest BCUT2D eigenvalue weighted by atomic mass is 32.1. The average molecular weight is 862 g/mol. The van der Waals surface area contributed by atoms with Crippen LogP contribution in [-0.4, -0.2) is 0 Å². The third-order valence-corrected chi connectivity index (χ3v) is 13.8. The van der Waals surface area contributed by atoms with Crippen LogP contribution in [0.25, 0.3) is 52.8 Å². The number of fused-ring (bicyclic) bond motifs is 5. The predicted molar refractivity (Wildman–Crippen MR) is 284 cm³/mol. The van der Waals surface area contributed by atoms with E-state index in [-0.39, 0.29) is 0 Å². The zero-order chi connectivity index (χ0) is 43.8. The molecule has 12 rings (SSSR count). The first-order valence-corrected chi connectivity index (χ1v) is 23.2. The van der Waals surface area contributed by atoms with Crippen molar-refractivity contribution >= 4 is 104 Å². The van der Waals surface area contributed by atoms with Gasteiger partial charge in [0.1, 0.15) is 0 Å². The predicted octanol–water partition coefficient (Wildman–Crippen LogP) is 18.4. The molecule has 0 atom stereocenters. The molecule has 0 fully saturated rings. The molecule has 0 aliphatic heterocycles. The molecule has 66 heavy (non-hydrogen) atoms. The summed E-state index contributed by atoms with van der Waals surface area (Å²) in [5.41, 5.74) is 12.3. The number of rotatable bonds is 10. The molecule has 312 valence electrons. The van der Waals surface area contributed by atoms with E-state index in [0.717, 1.165) is 51.2 Å². The van der Waals surface area contributed by atoms with E-state index in [2.05, 4.69) is 276 Å². The number of hydrogen-bond donors (Lipinski definition) is 0. The van der Waals surface area contributed by atoms with Crippen molar-refractivity contribution in [3.8, 4) is 11.1 Å². The summed E-state index contributed by atoms with van der Waals surface area (Å²) in [5, 5.41) is 7.27. The van der Waals surface area contributed by atoms with Crippen molar-refractivity contribution in [1.29, 1.82) is 0 Å². The van der Waals surface area contributed by atoms with Crippen LogP contribution in [0.15, 0.2) is 261 Å². The molecular weight excluding hydrogens is 819 g/mol. The second kappa shape index (κ2) is 16.9. The molecular formula is C62H43N3S. The fourth-order valence-corrected chi connectivity index (χ4v) is 10.8. The Morgan fingerprint density at radius 2 is 0.697 bits per heavy atom. The first-order valence-electron chi connectivity index (χ1n) is 22.4. The lowest BCUT2D eigenvalue weighted by atomic mass is 10.00. The Morgan fingerprint density at radius 1 is 0.258 bits per heavy atom. The van der Waals surface area contributed by atoms with Crippen LogP contribution in [0.2, 0.25) is 0 Å². The van der Waals surface area contributed by atoms with Gasteiger partial charge in [-0.3, -0.25) is 0 Å². The molecule has 0 N–H and O–H groups in total. The molecule has 12 aromatic rings. The summed E-state index contributed by atoms with van der Waals surface area (Å²) in [5.74, 6) is 0. The first-order chi connectivity index (χ1) is 32.8. The molecule has 11 aromatic carbocycles. The van der Waals surface area contributed by atoms with E-state index in [9.17, 15) is 0 Å². The highest BCUT2D eigenvalue weighted by Crippen LogP contribution is 2.50. The second-order valence-electron chi connectivity index (χ2n) is 16.5. The van der Waals surface area contributed by atoms with Gasteiger partial charge in [-0.15, -0.1) is 11.3 Å². The van der Waals surface area contributed by atoms with Crippen LogP contribution in [0.5, 0.6) is 0 Å². The SMILES string of the molecule is c1ccc(-c2cc(N(c3ccccc3)c3cccc4ccccc34)cc3c2sc2cc(N(c4ccccc4)c4ccccc4N(c4ccccc4)c4cccc5ccccc45)ccc23)cc1. The zero-order valence-corrected chi connectivity index (χ0v) is 36.9. The monoisotopic (exact) mass is 861 g/mol. The molecule has 3 nitrogen and oxygen atoms in total. The lowest BCUT2D eigenvalue weighted by Crippen LogP contribution is -2.17. The molecule has 0 radical (unpaired) electrons. The Labute approximate surface area is 388 Å². The van der Waals surface area contributed by atoms with E-state index >= 15 is 0 Å². The fraction of sp³-hybridized carbons (Fsp3) is 0. The minimum atomic E-state index is 1.07. The second-order valence-corrected chi connectivity index (χ2v) is 17.6. The van der Waals surface area contributed by atoms with Gasteiger partial charge in [-0.2, -0.15) is 0 Å². The summed E-state index contributed by atoms with van der Waals surface area (Å²) in [6, 6.07) is 94.3. The number of anilines is 9. The lowest BCUT2D eigenvalue weighted by molar-refractivity contribution is 1.23. The van der Waals surface area contributed by atoms with Gasteiger partial charge in [-0.1, -0.05) is 176 Å². The normalized spacial score (nSPS) is 11.3. The summed E-state index contributed by atoms with van der Waals surface area (Å²) < 4.78 is 2.49. The number of benzene rings is 11. The molecule has 0 unspecified atom stereocenters. The molecule has 0 saturated carbocycles. The molecule has 1 heterocycles. The van der Waals surface area contributed by atoms with Crippen LogP contribution in [0.4, 0.5) is 51.2 Å². The van der Waals surface area contributed by atoms with Crippen molar-refractivity contribution < 1.29 is 0 Å². The summed E-state index contributed by atoms with van der Waals surface area (Å²) in [4.78, 5) is 7.25. The maximum absolute atomic E-state index is 2.43. The van der Waals surface area contributed by atoms with E-state index in [1.807, 2.05) is 11.3 Å². The van der Waals surface area contributed by atoms with Gasteiger partial charge in [0.25, 0.3) is 0 Å². The summed E-state index contributed by atoms with van der Waals surface area (Å²) in [7, 11) is 0. The van der Waals surface area contributed by atoms with E-state index in [4.69, 9.17) is 0 Å². The van der Waals surface area contributed by atoms with E-state index < -0.39 is 0 Å². The van der Waals surface area contributed by atoms with Gasteiger partial charge < -0.3 is 14.7 Å². The van der Waals surface area contributed by atoms with Gasteiger partial charge in [0.2, 0.25) is 0 Å². The van der Waals surface area contributed by atoms with Crippen molar-refractivity contribution in [2.45, 2.75) is 0 Å². The van der Waals surface area contributed by atoms with Crippen LogP contribution in [-0.2, 0) is 0 Å². The largest absolute Gasteiger partial charge is 0.310 e. The molecule has 1 aromatic heterocycles. The van der Waals surface area contributed by atoms with Crippen molar-refractivity contribution in [2.24, 2.45) is 0 Å². The van der Waals surface area contributed by atoms with Gasteiger partial charge in [-0.25, -0.2) is 0 Å². The van der Waals surface area contributed by atoms with Crippen molar-refractivity contribution in [1.82, 2.24) is 0 Å². The number of thiophene rings is 1. The third-order valence-electron chi connectivity index (χ3n) is 12.6.